The third kappa shape index (κ3) is 1.52. The molecule has 0 aliphatic rings. The van der Waals surface area contributed by atoms with Crippen molar-refractivity contribution < 1.29 is 0 Å². The zero-order valence-electron chi connectivity index (χ0n) is 8.73. The number of aryl methyl sites for hydroxylation is 2. The van der Waals surface area contributed by atoms with Crippen LogP contribution in [-0.4, -0.2) is 14.9 Å². The highest BCUT2D eigenvalue weighted by molar-refractivity contribution is 5.59. The van der Waals surface area contributed by atoms with E-state index in [2.05, 4.69) is 17.1 Å². The minimum atomic E-state index is 0.211. The Bertz CT molecular complexity index is 501. The number of aromatic nitrogens is 3. The first-order valence-electron chi connectivity index (χ1n) is 4.63. The summed E-state index contributed by atoms with van der Waals surface area (Å²) in [4.78, 5) is 0. The molecule has 5 nitrogen and oxygen atoms in total. The van der Waals surface area contributed by atoms with E-state index in [-0.39, 0.29) is 5.95 Å². The summed E-state index contributed by atoms with van der Waals surface area (Å²) < 4.78 is 1.28. The van der Waals surface area contributed by atoms with Crippen LogP contribution in [0.4, 0.5) is 5.95 Å². The van der Waals surface area contributed by atoms with Crippen LogP contribution in [-0.2, 0) is 0 Å². The van der Waals surface area contributed by atoms with Crippen molar-refractivity contribution in [3.8, 4) is 11.4 Å². The van der Waals surface area contributed by atoms with Gasteiger partial charge >= 0.3 is 0 Å². The Kier molecular flexibility index (Phi) is 2.07. The summed E-state index contributed by atoms with van der Waals surface area (Å²) in [6.07, 6.45) is 0. The Labute approximate surface area is 87.7 Å². The average Bonchev–Trinajstić information content (AvgIpc) is 2.53. The van der Waals surface area contributed by atoms with Gasteiger partial charge in [0.15, 0.2) is 5.82 Å². The minimum absolute atomic E-state index is 0.211. The predicted molar refractivity (Wildman–Crippen MR) is 59.5 cm³/mol. The second kappa shape index (κ2) is 3.27. The van der Waals surface area contributed by atoms with Crippen LogP contribution in [0.1, 0.15) is 11.1 Å². The molecule has 2 rings (SSSR count). The quantitative estimate of drug-likeness (QED) is 0.673. The Balaban J connectivity index is 2.55. The molecule has 0 unspecified atom stereocenters. The van der Waals surface area contributed by atoms with E-state index in [9.17, 15) is 0 Å². The average molecular weight is 203 g/mol. The molecule has 0 amide bonds. The number of benzene rings is 1. The molecule has 1 heterocycles. The van der Waals surface area contributed by atoms with E-state index in [0.29, 0.717) is 5.82 Å². The van der Waals surface area contributed by atoms with Crippen LogP contribution < -0.4 is 11.6 Å². The SMILES string of the molecule is Cc1ccc(-c2nnc(N)n2N)cc1C. The Morgan fingerprint density at radius 1 is 1.13 bits per heavy atom. The number of nitrogens with two attached hydrogens (primary N) is 2. The molecule has 1 aromatic heterocycles. The van der Waals surface area contributed by atoms with Crippen molar-refractivity contribution >= 4 is 5.95 Å². The topological polar surface area (TPSA) is 82.8 Å². The highest BCUT2D eigenvalue weighted by Gasteiger charge is 2.09. The highest BCUT2D eigenvalue weighted by Crippen LogP contribution is 2.20. The second-order valence-corrected chi connectivity index (χ2v) is 3.55. The van der Waals surface area contributed by atoms with Crippen LogP contribution in [0.2, 0.25) is 0 Å². The monoisotopic (exact) mass is 203 g/mol. The van der Waals surface area contributed by atoms with Crippen molar-refractivity contribution in [2.24, 2.45) is 0 Å². The van der Waals surface area contributed by atoms with Gasteiger partial charge in [0.05, 0.1) is 0 Å². The van der Waals surface area contributed by atoms with E-state index < -0.39 is 0 Å². The van der Waals surface area contributed by atoms with Crippen LogP contribution in [0.15, 0.2) is 18.2 Å². The molecule has 0 fully saturated rings. The highest BCUT2D eigenvalue weighted by atomic mass is 15.4. The molecule has 1 aromatic carbocycles. The standard InChI is InChI=1S/C10H13N5/c1-6-3-4-8(5-7(6)2)9-13-14-10(11)15(9)12/h3-5H,12H2,1-2H3,(H2,11,14). The zero-order chi connectivity index (χ0) is 11.0. The van der Waals surface area contributed by atoms with Crippen LogP contribution in [0.25, 0.3) is 11.4 Å². The number of rotatable bonds is 1. The summed E-state index contributed by atoms with van der Waals surface area (Å²) in [7, 11) is 0. The number of hydrogen-bond acceptors (Lipinski definition) is 4. The molecule has 0 saturated carbocycles. The molecular formula is C10H13N5. The van der Waals surface area contributed by atoms with Gasteiger partial charge in [0.2, 0.25) is 5.95 Å². The lowest BCUT2D eigenvalue weighted by Gasteiger charge is -2.04. The van der Waals surface area contributed by atoms with Gasteiger partial charge in [-0.1, -0.05) is 12.1 Å². The molecule has 4 N–H and O–H groups in total. The predicted octanol–water partition coefficient (Wildman–Crippen LogP) is 0.858. The molecule has 5 heteroatoms. The molecule has 15 heavy (non-hydrogen) atoms. The molecular weight excluding hydrogens is 190 g/mol. The van der Waals surface area contributed by atoms with Crippen LogP contribution in [0.5, 0.6) is 0 Å². The molecule has 2 aromatic rings. The third-order valence-corrected chi connectivity index (χ3v) is 2.49. The van der Waals surface area contributed by atoms with Gasteiger partial charge in [-0.15, -0.1) is 10.2 Å². The number of hydrogen-bond donors (Lipinski definition) is 2. The molecule has 0 radical (unpaired) electrons. The summed E-state index contributed by atoms with van der Waals surface area (Å²) in [6.45, 7) is 4.10. The van der Waals surface area contributed by atoms with Gasteiger partial charge in [-0.25, -0.2) is 4.68 Å². The van der Waals surface area contributed by atoms with E-state index in [1.807, 2.05) is 25.1 Å². The fourth-order valence-electron chi connectivity index (χ4n) is 1.38. The third-order valence-electron chi connectivity index (χ3n) is 2.49. The molecule has 0 aliphatic heterocycles. The summed E-state index contributed by atoms with van der Waals surface area (Å²) in [5, 5.41) is 7.63. The van der Waals surface area contributed by atoms with Gasteiger partial charge < -0.3 is 11.6 Å². The van der Waals surface area contributed by atoms with Gasteiger partial charge in [-0.2, -0.15) is 0 Å². The first-order chi connectivity index (χ1) is 7.09. The van der Waals surface area contributed by atoms with E-state index in [1.54, 1.807) is 0 Å². The minimum Gasteiger partial charge on any atom is -0.366 e. The molecule has 0 saturated heterocycles. The zero-order valence-corrected chi connectivity index (χ0v) is 8.73. The van der Waals surface area contributed by atoms with Crippen LogP contribution in [0.3, 0.4) is 0 Å². The van der Waals surface area contributed by atoms with Crippen molar-refractivity contribution in [2.45, 2.75) is 13.8 Å². The van der Waals surface area contributed by atoms with E-state index >= 15 is 0 Å². The largest absolute Gasteiger partial charge is 0.366 e. The van der Waals surface area contributed by atoms with Gasteiger partial charge in [0.25, 0.3) is 0 Å². The maximum Gasteiger partial charge on any atom is 0.241 e. The van der Waals surface area contributed by atoms with Crippen molar-refractivity contribution in [3.05, 3.63) is 29.3 Å². The number of nitrogen functional groups attached to an aromatic ring is 2. The molecule has 0 atom stereocenters. The van der Waals surface area contributed by atoms with E-state index in [0.717, 1.165) is 5.56 Å². The van der Waals surface area contributed by atoms with Crippen LogP contribution in [0, 0.1) is 13.8 Å². The summed E-state index contributed by atoms with van der Waals surface area (Å²) in [6, 6.07) is 5.99. The molecule has 0 bridgehead atoms. The second-order valence-electron chi connectivity index (χ2n) is 3.55. The van der Waals surface area contributed by atoms with Crippen molar-refractivity contribution in [1.82, 2.24) is 14.9 Å². The van der Waals surface area contributed by atoms with Gasteiger partial charge in [-0.3, -0.25) is 0 Å². The Hall–Kier alpha value is -2.04. The van der Waals surface area contributed by atoms with E-state index in [4.69, 9.17) is 11.6 Å². The fraction of sp³-hybridized carbons (Fsp3) is 0.200. The molecule has 0 aliphatic carbocycles. The Morgan fingerprint density at radius 3 is 2.40 bits per heavy atom. The summed E-state index contributed by atoms with van der Waals surface area (Å²) in [5.74, 6) is 6.48. The lowest BCUT2D eigenvalue weighted by atomic mass is 10.1. The lowest BCUT2D eigenvalue weighted by molar-refractivity contribution is 1.02. The molecule has 0 spiro atoms. The number of anilines is 1. The van der Waals surface area contributed by atoms with Crippen molar-refractivity contribution in [3.63, 3.8) is 0 Å². The number of nitrogens with zero attached hydrogens (tertiary/aromatic N) is 3. The fourth-order valence-corrected chi connectivity index (χ4v) is 1.38. The van der Waals surface area contributed by atoms with Gasteiger partial charge in [0, 0.05) is 5.56 Å². The summed E-state index contributed by atoms with van der Waals surface area (Å²) >= 11 is 0. The smallest absolute Gasteiger partial charge is 0.241 e. The maximum atomic E-state index is 5.69. The maximum absolute atomic E-state index is 5.69. The first kappa shape index (κ1) is 9.51. The lowest BCUT2D eigenvalue weighted by Crippen LogP contribution is -2.13. The van der Waals surface area contributed by atoms with Gasteiger partial charge in [-0.05, 0) is 31.0 Å². The summed E-state index contributed by atoms with van der Waals surface area (Å²) in [5.41, 5.74) is 8.85. The van der Waals surface area contributed by atoms with E-state index in [1.165, 1.54) is 15.8 Å². The Morgan fingerprint density at radius 2 is 1.87 bits per heavy atom. The van der Waals surface area contributed by atoms with Crippen LogP contribution >= 0.6 is 0 Å². The molecule has 78 valence electrons. The van der Waals surface area contributed by atoms with Crippen molar-refractivity contribution in [2.75, 3.05) is 11.6 Å². The normalized spacial score (nSPS) is 10.5. The van der Waals surface area contributed by atoms with Crippen molar-refractivity contribution in [1.29, 1.82) is 0 Å². The first-order valence-corrected chi connectivity index (χ1v) is 4.63. The van der Waals surface area contributed by atoms with Gasteiger partial charge in [0.1, 0.15) is 0 Å².